The van der Waals surface area contributed by atoms with E-state index in [0.717, 1.165) is 4.88 Å². The van der Waals surface area contributed by atoms with Gasteiger partial charge in [0.25, 0.3) is 11.8 Å². The van der Waals surface area contributed by atoms with Crippen LogP contribution in [-0.2, 0) is 0 Å². The minimum atomic E-state index is -0.531. The Morgan fingerprint density at radius 3 is 2.73 bits per heavy atom. The largest absolute Gasteiger partial charge is 0.422 e. The summed E-state index contributed by atoms with van der Waals surface area (Å²) in [5.74, 6) is 0.495. The van der Waals surface area contributed by atoms with Crippen LogP contribution in [0.5, 0.6) is 0 Å². The van der Waals surface area contributed by atoms with Gasteiger partial charge >= 0.3 is 5.63 Å². The van der Waals surface area contributed by atoms with Crippen molar-refractivity contribution in [3.8, 4) is 22.2 Å². The molecule has 0 spiro atoms. The van der Waals surface area contributed by atoms with Gasteiger partial charge in [-0.2, -0.15) is 0 Å². The van der Waals surface area contributed by atoms with Crippen LogP contribution in [0.25, 0.3) is 33.2 Å². The molecule has 0 radical (unpaired) electrons. The second kappa shape index (κ2) is 5.08. The van der Waals surface area contributed by atoms with E-state index in [4.69, 9.17) is 20.4 Å². The zero-order chi connectivity index (χ0) is 15.1. The molecular weight excluding hydrogens is 324 g/mol. The van der Waals surface area contributed by atoms with E-state index in [1.165, 1.54) is 11.3 Å². The molecule has 4 rings (SSSR count). The monoisotopic (exact) mass is 330 g/mol. The van der Waals surface area contributed by atoms with E-state index < -0.39 is 5.63 Å². The minimum absolute atomic E-state index is 0.124. The molecule has 0 aliphatic heterocycles. The first-order chi connectivity index (χ1) is 10.7. The molecule has 7 heteroatoms. The van der Waals surface area contributed by atoms with Gasteiger partial charge in [0.1, 0.15) is 11.1 Å². The maximum Gasteiger partial charge on any atom is 0.349 e. The normalized spacial score (nSPS) is 11.1. The molecule has 22 heavy (non-hydrogen) atoms. The molecule has 0 N–H and O–H groups in total. The van der Waals surface area contributed by atoms with Gasteiger partial charge in [0.15, 0.2) is 0 Å². The Hall–Kier alpha value is -2.44. The van der Waals surface area contributed by atoms with E-state index >= 15 is 0 Å². The first-order valence-corrected chi connectivity index (χ1v) is 7.57. The minimum Gasteiger partial charge on any atom is -0.422 e. The molecule has 3 aromatic heterocycles. The maximum atomic E-state index is 12.1. The number of nitrogens with zero attached hydrogens (tertiary/aromatic N) is 2. The number of halogens is 1. The summed E-state index contributed by atoms with van der Waals surface area (Å²) in [5.41, 5.74) is 0.137. The molecular formula is C15H7ClN2O3S. The fourth-order valence-corrected chi connectivity index (χ4v) is 2.90. The summed E-state index contributed by atoms with van der Waals surface area (Å²) in [6.07, 6.45) is 0. The van der Waals surface area contributed by atoms with Crippen molar-refractivity contribution in [3.63, 3.8) is 0 Å². The highest BCUT2D eigenvalue weighted by Gasteiger charge is 2.16. The van der Waals surface area contributed by atoms with Crippen molar-refractivity contribution in [2.75, 3.05) is 0 Å². The van der Waals surface area contributed by atoms with Gasteiger partial charge in [0.2, 0.25) is 0 Å². The molecule has 3 heterocycles. The molecule has 4 aromatic rings. The van der Waals surface area contributed by atoms with Crippen molar-refractivity contribution in [2.24, 2.45) is 0 Å². The molecule has 5 nitrogen and oxygen atoms in total. The Balaban J connectivity index is 1.87. The second-order valence-corrected chi connectivity index (χ2v) is 5.90. The fourth-order valence-electron chi connectivity index (χ4n) is 2.08. The van der Waals surface area contributed by atoms with E-state index in [9.17, 15) is 4.79 Å². The summed E-state index contributed by atoms with van der Waals surface area (Å²) >= 11 is 7.44. The van der Waals surface area contributed by atoms with E-state index in [2.05, 4.69) is 10.2 Å². The van der Waals surface area contributed by atoms with Crippen LogP contribution >= 0.6 is 22.9 Å². The van der Waals surface area contributed by atoms with E-state index in [1.54, 1.807) is 24.3 Å². The van der Waals surface area contributed by atoms with Crippen LogP contribution < -0.4 is 5.63 Å². The van der Waals surface area contributed by atoms with Gasteiger partial charge in [-0.1, -0.05) is 17.7 Å². The van der Waals surface area contributed by atoms with Crippen molar-refractivity contribution >= 4 is 33.9 Å². The van der Waals surface area contributed by atoms with Crippen molar-refractivity contribution in [2.45, 2.75) is 0 Å². The summed E-state index contributed by atoms with van der Waals surface area (Å²) in [6.45, 7) is 0. The first-order valence-electron chi connectivity index (χ1n) is 6.32. The lowest BCUT2D eigenvalue weighted by atomic mass is 10.2. The molecule has 0 fully saturated rings. The number of hydrogen-bond donors (Lipinski definition) is 0. The molecule has 0 atom stereocenters. The molecule has 0 saturated carbocycles. The standard InChI is InChI=1S/C15H7ClN2O3S/c16-9-3-4-11-8(6-9)7-10(15(19)20-11)13-17-18-14(21-13)12-2-1-5-22-12/h1-7H. The summed E-state index contributed by atoms with van der Waals surface area (Å²) < 4.78 is 10.8. The highest BCUT2D eigenvalue weighted by atomic mass is 35.5. The summed E-state index contributed by atoms with van der Waals surface area (Å²) in [4.78, 5) is 12.9. The van der Waals surface area contributed by atoms with Crippen LogP contribution in [0.2, 0.25) is 5.02 Å². The van der Waals surface area contributed by atoms with Crippen molar-refractivity contribution in [1.29, 1.82) is 0 Å². The molecule has 1 aromatic carbocycles. The Labute approximate surface area is 132 Å². The fraction of sp³-hybridized carbons (Fsp3) is 0. The quantitative estimate of drug-likeness (QED) is 0.514. The number of aromatic nitrogens is 2. The molecule has 0 aliphatic rings. The van der Waals surface area contributed by atoms with E-state index in [0.29, 0.717) is 21.9 Å². The van der Waals surface area contributed by atoms with Crippen molar-refractivity contribution < 1.29 is 8.83 Å². The third-order valence-electron chi connectivity index (χ3n) is 3.08. The van der Waals surface area contributed by atoms with Crippen LogP contribution in [0, 0.1) is 0 Å². The van der Waals surface area contributed by atoms with E-state index in [1.807, 2.05) is 17.5 Å². The highest BCUT2D eigenvalue weighted by Crippen LogP contribution is 2.27. The van der Waals surface area contributed by atoms with Crippen LogP contribution in [0.4, 0.5) is 0 Å². The maximum absolute atomic E-state index is 12.1. The van der Waals surface area contributed by atoms with Gasteiger partial charge in [0.05, 0.1) is 4.88 Å². The predicted octanol–water partition coefficient (Wildman–Crippen LogP) is 4.22. The summed E-state index contributed by atoms with van der Waals surface area (Å²) in [5, 5.41) is 11.0. The third-order valence-corrected chi connectivity index (χ3v) is 4.17. The topological polar surface area (TPSA) is 69.1 Å². The summed E-state index contributed by atoms with van der Waals surface area (Å²) in [7, 11) is 0. The van der Waals surface area contributed by atoms with Crippen LogP contribution in [-0.4, -0.2) is 10.2 Å². The average molecular weight is 331 g/mol. The Morgan fingerprint density at radius 1 is 1.05 bits per heavy atom. The van der Waals surface area contributed by atoms with Crippen LogP contribution in [0.3, 0.4) is 0 Å². The van der Waals surface area contributed by atoms with Crippen molar-refractivity contribution in [1.82, 2.24) is 10.2 Å². The zero-order valence-corrected chi connectivity index (χ0v) is 12.5. The zero-order valence-electron chi connectivity index (χ0n) is 10.9. The van der Waals surface area contributed by atoms with Gasteiger partial charge in [0, 0.05) is 10.4 Å². The molecule has 0 unspecified atom stereocenters. The number of thiophene rings is 1. The van der Waals surface area contributed by atoms with Gasteiger partial charge in [-0.15, -0.1) is 21.5 Å². The van der Waals surface area contributed by atoms with Gasteiger partial charge in [-0.3, -0.25) is 0 Å². The Kier molecular flexibility index (Phi) is 3.06. The molecule has 0 bridgehead atoms. The predicted molar refractivity (Wildman–Crippen MR) is 84.1 cm³/mol. The smallest absolute Gasteiger partial charge is 0.349 e. The molecule has 0 aliphatic carbocycles. The van der Waals surface area contributed by atoms with Crippen LogP contribution in [0.1, 0.15) is 0 Å². The second-order valence-electron chi connectivity index (χ2n) is 4.52. The Morgan fingerprint density at radius 2 is 1.91 bits per heavy atom. The van der Waals surface area contributed by atoms with E-state index in [-0.39, 0.29) is 11.5 Å². The molecule has 108 valence electrons. The molecule has 0 amide bonds. The highest BCUT2D eigenvalue weighted by molar-refractivity contribution is 7.13. The third kappa shape index (κ3) is 2.22. The number of fused-ring (bicyclic) bond motifs is 1. The van der Waals surface area contributed by atoms with Crippen LogP contribution in [0.15, 0.2) is 55.4 Å². The SMILES string of the molecule is O=c1oc2ccc(Cl)cc2cc1-c1nnc(-c2cccs2)o1. The number of rotatable bonds is 2. The first kappa shape index (κ1) is 13.2. The lowest BCUT2D eigenvalue weighted by Crippen LogP contribution is -2.02. The lowest BCUT2D eigenvalue weighted by molar-refractivity contribution is 0.547. The Bertz CT molecular complexity index is 1020. The molecule has 0 saturated heterocycles. The van der Waals surface area contributed by atoms with Gasteiger partial charge in [-0.25, -0.2) is 4.79 Å². The number of hydrogen-bond acceptors (Lipinski definition) is 6. The van der Waals surface area contributed by atoms with Gasteiger partial charge in [-0.05, 0) is 35.7 Å². The van der Waals surface area contributed by atoms with Gasteiger partial charge < -0.3 is 8.83 Å². The van der Waals surface area contributed by atoms with Crippen molar-refractivity contribution in [3.05, 3.63) is 57.2 Å². The lowest BCUT2D eigenvalue weighted by Gasteiger charge is -1.99. The summed E-state index contributed by atoms with van der Waals surface area (Å²) in [6, 6.07) is 10.4. The number of benzene rings is 1. The average Bonchev–Trinajstić information content (AvgIpc) is 3.17.